The molecule has 232 valence electrons. The second-order valence-electron chi connectivity index (χ2n) is 16.9. The highest BCUT2D eigenvalue weighted by molar-refractivity contribution is 5.58. The molecule has 1 heteroatoms. The number of rotatable bonds is 11. The van der Waals surface area contributed by atoms with Gasteiger partial charge in [-0.25, -0.2) is 0 Å². The molecule has 0 aliphatic heterocycles. The third kappa shape index (κ3) is 4.52. The minimum Gasteiger partial charge on any atom is -0.398 e. The van der Waals surface area contributed by atoms with Gasteiger partial charge in [0.2, 0.25) is 0 Å². The molecule has 0 radical (unpaired) electrons. The minimum atomic E-state index is 0.560. The molecule has 6 rings (SSSR count). The summed E-state index contributed by atoms with van der Waals surface area (Å²) < 4.78 is 0. The van der Waals surface area contributed by atoms with Crippen LogP contribution in [0, 0.1) is 72.5 Å². The van der Waals surface area contributed by atoms with Gasteiger partial charge in [0.05, 0.1) is 0 Å². The molecule has 1 nitrogen and oxygen atoms in total. The van der Waals surface area contributed by atoms with E-state index in [0.29, 0.717) is 22.2 Å². The van der Waals surface area contributed by atoms with Crippen molar-refractivity contribution in [1.29, 1.82) is 0 Å². The number of hydrogen-bond donors (Lipinski definition) is 1. The fraction of sp³-hybridized carbons (Fsp3) is 0.756. The summed E-state index contributed by atoms with van der Waals surface area (Å²) in [6, 6.07) is 2.29. The Balaban J connectivity index is 1.10. The molecule has 2 spiro atoms. The van der Waals surface area contributed by atoms with Gasteiger partial charge < -0.3 is 5.73 Å². The van der Waals surface area contributed by atoms with Crippen molar-refractivity contribution in [3.05, 3.63) is 52.1 Å². The van der Waals surface area contributed by atoms with E-state index in [0.717, 1.165) is 41.7 Å². The lowest BCUT2D eigenvalue weighted by Crippen LogP contribution is -2.39. The number of aryl methyl sites for hydroxylation is 2. The molecule has 0 saturated heterocycles. The van der Waals surface area contributed by atoms with Crippen LogP contribution >= 0.6 is 0 Å². The number of fused-ring (bicyclic) bond motifs is 1. The smallest absolute Gasteiger partial charge is 0.0376 e. The van der Waals surface area contributed by atoms with Crippen LogP contribution in [-0.2, 0) is 6.42 Å². The van der Waals surface area contributed by atoms with Gasteiger partial charge in [0.25, 0.3) is 0 Å². The number of allylic oxidation sites excluding steroid dienone is 3. The lowest BCUT2D eigenvalue weighted by molar-refractivity contribution is 0.0327. The highest BCUT2D eigenvalue weighted by atomic mass is 14.9. The number of unbranched alkanes of at least 4 members (excludes halogenated alkanes) is 1. The van der Waals surface area contributed by atoms with Gasteiger partial charge >= 0.3 is 0 Å². The predicted molar refractivity (Wildman–Crippen MR) is 182 cm³/mol. The molecule has 5 aliphatic rings. The number of nitrogen functional groups attached to an aromatic ring is 1. The van der Waals surface area contributed by atoms with Crippen molar-refractivity contribution in [3.8, 4) is 0 Å². The third-order valence-corrected chi connectivity index (χ3v) is 14.7. The first kappa shape index (κ1) is 30.5. The van der Waals surface area contributed by atoms with Crippen LogP contribution in [0.3, 0.4) is 0 Å². The van der Waals surface area contributed by atoms with E-state index in [4.69, 9.17) is 12.3 Å². The molecular formula is C41H63N. The highest BCUT2D eigenvalue weighted by Crippen LogP contribution is 2.90. The Bertz CT molecular complexity index is 1230. The summed E-state index contributed by atoms with van der Waals surface area (Å²) in [5.74, 6) is 5.24. The van der Waals surface area contributed by atoms with Crippen LogP contribution in [-0.4, -0.2) is 0 Å². The van der Waals surface area contributed by atoms with Crippen molar-refractivity contribution >= 4 is 5.69 Å². The van der Waals surface area contributed by atoms with Gasteiger partial charge in [0.1, 0.15) is 0 Å². The second kappa shape index (κ2) is 11.1. The molecule has 8 atom stereocenters. The van der Waals surface area contributed by atoms with Crippen LogP contribution in [0.2, 0.25) is 0 Å². The van der Waals surface area contributed by atoms with Crippen LogP contribution in [0.4, 0.5) is 5.69 Å². The lowest BCUT2D eigenvalue weighted by atomic mass is 9.59. The number of hydrogen-bond acceptors (Lipinski definition) is 1. The molecular weight excluding hydrogens is 506 g/mol. The van der Waals surface area contributed by atoms with Crippen molar-refractivity contribution in [2.24, 2.45) is 51.8 Å². The summed E-state index contributed by atoms with van der Waals surface area (Å²) >= 11 is 0. The predicted octanol–water partition coefficient (Wildman–Crippen LogP) is 11.5. The minimum absolute atomic E-state index is 0.560. The Labute approximate surface area is 259 Å². The second-order valence-corrected chi connectivity index (χ2v) is 16.9. The van der Waals surface area contributed by atoms with E-state index < -0.39 is 0 Å². The third-order valence-electron chi connectivity index (χ3n) is 14.7. The average molecular weight is 570 g/mol. The van der Waals surface area contributed by atoms with Crippen molar-refractivity contribution in [1.82, 2.24) is 0 Å². The molecule has 8 unspecified atom stereocenters. The van der Waals surface area contributed by atoms with Crippen LogP contribution in [0.1, 0.15) is 140 Å². The molecule has 0 aromatic heterocycles. The molecule has 1 aromatic rings. The fourth-order valence-corrected chi connectivity index (χ4v) is 12.4. The summed E-state index contributed by atoms with van der Waals surface area (Å²) in [7, 11) is 0. The molecule has 4 saturated carbocycles. The summed E-state index contributed by atoms with van der Waals surface area (Å²) in [6.07, 6.45) is 23.9. The first-order chi connectivity index (χ1) is 20.0. The quantitative estimate of drug-likeness (QED) is 0.160. The van der Waals surface area contributed by atoms with Gasteiger partial charge in [-0.1, -0.05) is 76.8 Å². The van der Waals surface area contributed by atoms with Crippen molar-refractivity contribution < 1.29 is 0 Å². The van der Waals surface area contributed by atoms with E-state index in [1.807, 2.05) is 5.57 Å². The van der Waals surface area contributed by atoms with E-state index in [-0.39, 0.29) is 0 Å². The number of benzene rings is 1. The zero-order valence-corrected chi connectivity index (χ0v) is 28.5. The Morgan fingerprint density at radius 2 is 1.81 bits per heavy atom. The molecule has 0 amide bonds. The van der Waals surface area contributed by atoms with Crippen LogP contribution in [0.25, 0.3) is 0 Å². The van der Waals surface area contributed by atoms with Crippen LogP contribution < -0.4 is 5.73 Å². The highest BCUT2D eigenvalue weighted by Gasteiger charge is 2.84. The van der Waals surface area contributed by atoms with Gasteiger partial charge in [-0.2, -0.15) is 0 Å². The van der Waals surface area contributed by atoms with Crippen LogP contribution in [0.5, 0.6) is 0 Å². The molecule has 4 fully saturated rings. The van der Waals surface area contributed by atoms with Crippen molar-refractivity contribution in [2.75, 3.05) is 5.73 Å². The van der Waals surface area contributed by atoms with E-state index in [1.54, 1.807) is 0 Å². The Hall–Kier alpha value is -1.50. The maximum absolute atomic E-state index is 6.47. The summed E-state index contributed by atoms with van der Waals surface area (Å²) in [4.78, 5) is 0. The monoisotopic (exact) mass is 569 g/mol. The van der Waals surface area contributed by atoms with E-state index in [1.165, 1.54) is 118 Å². The Morgan fingerprint density at radius 1 is 1.02 bits per heavy atom. The Kier molecular flexibility index (Phi) is 8.10. The molecule has 42 heavy (non-hydrogen) atoms. The molecule has 0 heterocycles. The summed E-state index contributed by atoms with van der Waals surface area (Å²) in [6.45, 7) is 21.3. The first-order valence-corrected chi connectivity index (χ1v) is 18.2. The summed E-state index contributed by atoms with van der Waals surface area (Å²) in [5, 5.41) is 0. The lowest BCUT2D eigenvalue weighted by Gasteiger charge is -2.45. The molecule has 1 aromatic carbocycles. The number of nitrogens with two attached hydrogens (primary N) is 1. The van der Waals surface area contributed by atoms with Crippen molar-refractivity contribution in [3.63, 3.8) is 0 Å². The van der Waals surface area contributed by atoms with E-state index in [2.05, 4.69) is 60.6 Å². The van der Waals surface area contributed by atoms with Gasteiger partial charge in [-0.15, -0.1) is 0 Å². The normalized spacial score (nSPS) is 37.1. The summed E-state index contributed by atoms with van der Waals surface area (Å²) in [5.41, 5.74) is 18.2. The van der Waals surface area contributed by atoms with Crippen LogP contribution in [0.15, 0.2) is 29.9 Å². The van der Waals surface area contributed by atoms with Gasteiger partial charge in [0.15, 0.2) is 0 Å². The average Bonchev–Trinajstić information content (AvgIpc) is 3.16. The zero-order valence-electron chi connectivity index (χ0n) is 28.5. The molecule has 5 aliphatic carbocycles. The standard InChI is InChI=1S/C41H63N/c1-9-32(25-35-28(5)22-29(6)38(42)30(35)7)27(4)23-31-16-20-40-34(24-31)17-21-41(40)36-15-14-33(13-11-10-12-26(2)3)39(36,8)19-18-37(40)41/h17,22,26,31-33,36-37H,4,9-16,18-21,23-25,42H2,1-3,5-8H3. The van der Waals surface area contributed by atoms with Gasteiger partial charge in [0, 0.05) is 11.1 Å². The fourth-order valence-electron chi connectivity index (χ4n) is 12.4. The van der Waals surface area contributed by atoms with Gasteiger partial charge in [-0.3, -0.25) is 0 Å². The van der Waals surface area contributed by atoms with Crippen molar-refractivity contribution in [2.45, 2.75) is 145 Å². The maximum Gasteiger partial charge on any atom is 0.0376 e. The SMILES string of the molecule is C=C(CC1CCC23C(=CCC24C2CCC(CCCCC(C)C)C2(C)CCC34)C1)C(CC)Cc1c(C)cc(C)c(N)c1C. The van der Waals surface area contributed by atoms with Gasteiger partial charge in [-0.05, 0) is 166 Å². The number of anilines is 1. The molecule has 2 N–H and O–H groups in total. The molecule has 0 bridgehead atoms. The first-order valence-electron chi connectivity index (χ1n) is 18.2. The zero-order chi connectivity index (χ0) is 30.0. The van der Waals surface area contributed by atoms with E-state index in [9.17, 15) is 0 Å². The topological polar surface area (TPSA) is 26.0 Å². The Morgan fingerprint density at radius 3 is 2.55 bits per heavy atom. The maximum atomic E-state index is 6.47. The largest absolute Gasteiger partial charge is 0.398 e. The van der Waals surface area contributed by atoms with E-state index >= 15 is 0 Å².